The number of aliphatic carboxylic acids is 1. The van der Waals surface area contributed by atoms with Gasteiger partial charge in [0.2, 0.25) is 0 Å². The van der Waals surface area contributed by atoms with E-state index in [-0.39, 0.29) is 6.54 Å². The highest BCUT2D eigenvalue weighted by Crippen LogP contribution is 2.07. The lowest BCUT2D eigenvalue weighted by Gasteiger charge is -2.22. The molecule has 1 aromatic rings. The molecular weight excluding hydrogens is 260 g/mol. The van der Waals surface area contributed by atoms with Gasteiger partial charge in [0.15, 0.2) is 5.60 Å². The van der Waals surface area contributed by atoms with Crippen molar-refractivity contribution >= 4 is 12.0 Å². The topological polar surface area (TPSA) is 89.9 Å². The predicted molar refractivity (Wildman–Crippen MR) is 74.3 cm³/mol. The number of urea groups is 1. The first-order chi connectivity index (χ1) is 9.22. The second-order valence-electron chi connectivity index (χ2n) is 5.08. The number of hydrogen-bond acceptors (Lipinski definition) is 3. The maximum absolute atomic E-state index is 11.8. The quantitative estimate of drug-likeness (QED) is 0.749. The zero-order valence-corrected chi connectivity index (χ0v) is 11.9. The van der Waals surface area contributed by atoms with Crippen molar-refractivity contribution in [3.63, 3.8) is 0 Å². The molecule has 0 fully saturated rings. The Balaban J connectivity index is 2.54. The first-order valence-corrected chi connectivity index (χ1v) is 6.22. The zero-order valence-electron chi connectivity index (χ0n) is 11.9. The molecule has 0 radical (unpaired) electrons. The van der Waals surface area contributed by atoms with Crippen LogP contribution in [0.3, 0.4) is 0 Å². The fourth-order valence-electron chi connectivity index (χ4n) is 1.61. The molecule has 6 heteroatoms. The van der Waals surface area contributed by atoms with Crippen LogP contribution in [0, 0.1) is 6.92 Å². The molecule has 0 saturated heterocycles. The average Bonchev–Trinajstić information content (AvgIpc) is 2.35. The first-order valence-electron chi connectivity index (χ1n) is 6.22. The molecule has 6 nitrogen and oxygen atoms in total. The summed E-state index contributed by atoms with van der Waals surface area (Å²) >= 11 is 0. The first kappa shape index (κ1) is 16.0. The number of rotatable bonds is 5. The number of aliphatic hydroxyl groups is 1. The Kier molecular flexibility index (Phi) is 5.10. The third kappa shape index (κ3) is 4.55. The van der Waals surface area contributed by atoms with Gasteiger partial charge in [-0.15, -0.1) is 0 Å². The Morgan fingerprint density at radius 1 is 1.40 bits per heavy atom. The van der Waals surface area contributed by atoms with Crippen LogP contribution in [-0.2, 0) is 11.3 Å². The fraction of sp³-hybridized carbons (Fsp3) is 0.429. The second-order valence-corrected chi connectivity index (χ2v) is 5.08. The summed E-state index contributed by atoms with van der Waals surface area (Å²) in [6.07, 6.45) is 0. The minimum atomic E-state index is -1.97. The molecule has 0 aliphatic heterocycles. The summed E-state index contributed by atoms with van der Waals surface area (Å²) in [7, 11) is 1.60. The molecule has 20 heavy (non-hydrogen) atoms. The number of carbonyl (C=O) groups is 2. The van der Waals surface area contributed by atoms with E-state index in [2.05, 4.69) is 5.32 Å². The molecule has 1 rings (SSSR count). The molecule has 0 saturated carbocycles. The number of nitrogens with one attached hydrogen (secondary N) is 1. The Bertz CT molecular complexity index is 500. The van der Waals surface area contributed by atoms with Crippen LogP contribution in [0.5, 0.6) is 0 Å². The summed E-state index contributed by atoms with van der Waals surface area (Å²) in [5.41, 5.74) is 0.109. The van der Waals surface area contributed by atoms with E-state index in [0.717, 1.165) is 18.1 Å². The predicted octanol–water partition coefficient (Wildman–Crippen LogP) is 0.972. The van der Waals surface area contributed by atoms with Crippen molar-refractivity contribution < 1.29 is 19.8 Å². The lowest BCUT2D eigenvalue weighted by atomic mass is 10.1. The van der Waals surface area contributed by atoms with E-state index in [1.807, 2.05) is 31.2 Å². The largest absolute Gasteiger partial charge is 0.479 e. The Labute approximate surface area is 118 Å². The zero-order chi connectivity index (χ0) is 15.3. The number of aryl methyl sites for hydroxylation is 1. The van der Waals surface area contributed by atoms with E-state index in [1.165, 1.54) is 4.90 Å². The fourth-order valence-corrected chi connectivity index (χ4v) is 1.61. The average molecular weight is 280 g/mol. The van der Waals surface area contributed by atoms with Gasteiger partial charge >= 0.3 is 12.0 Å². The maximum atomic E-state index is 11.8. The summed E-state index contributed by atoms with van der Waals surface area (Å²) in [5.74, 6) is -1.38. The van der Waals surface area contributed by atoms with Gasteiger partial charge in [-0.3, -0.25) is 0 Å². The van der Waals surface area contributed by atoms with E-state index in [0.29, 0.717) is 6.54 Å². The molecule has 0 spiro atoms. The van der Waals surface area contributed by atoms with E-state index >= 15 is 0 Å². The smallest absolute Gasteiger partial charge is 0.337 e. The Morgan fingerprint density at radius 2 is 2.05 bits per heavy atom. The van der Waals surface area contributed by atoms with Crippen molar-refractivity contribution in [3.8, 4) is 0 Å². The Morgan fingerprint density at radius 3 is 2.60 bits per heavy atom. The van der Waals surface area contributed by atoms with Gasteiger partial charge in [0.1, 0.15) is 0 Å². The number of benzene rings is 1. The van der Waals surface area contributed by atoms with Crippen LogP contribution in [0.15, 0.2) is 24.3 Å². The molecule has 110 valence electrons. The summed E-state index contributed by atoms with van der Waals surface area (Å²) in [4.78, 5) is 24.0. The molecule has 3 N–H and O–H groups in total. The van der Waals surface area contributed by atoms with Crippen molar-refractivity contribution in [2.45, 2.75) is 26.0 Å². The third-order valence-corrected chi connectivity index (χ3v) is 2.89. The lowest BCUT2D eigenvalue weighted by Crippen LogP contribution is -2.49. The highest BCUT2D eigenvalue weighted by atomic mass is 16.4. The summed E-state index contributed by atoms with van der Waals surface area (Å²) < 4.78 is 0. The van der Waals surface area contributed by atoms with Gasteiger partial charge < -0.3 is 20.4 Å². The summed E-state index contributed by atoms with van der Waals surface area (Å²) in [5, 5.41) is 20.7. The van der Waals surface area contributed by atoms with Crippen molar-refractivity contribution in [2.75, 3.05) is 13.6 Å². The van der Waals surface area contributed by atoms with Gasteiger partial charge in [0.05, 0.1) is 6.54 Å². The number of carboxylic acid groups (broad SMARTS) is 1. The van der Waals surface area contributed by atoms with E-state index in [4.69, 9.17) is 5.11 Å². The summed E-state index contributed by atoms with van der Waals surface area (Å²) in [6, 6.07) is 7.31. The SMILES string of the molecule is Cc1cccc(CN(C)C(=O)NCC(C)(O)C(=O)O)c1. The van der Waals surface area contributed by atoms with Crippen LogP contribution in [0.2, 0.25) is 0 Å². The van der Waals surface area contributed by atoms with Gasteiger partial charge in [-0.25, -0.2) is 9.59 Å². The van der Waals surface area contributed by atoms with Crippen molar-refractivity contribution in [2.24, 2.45) is 0 Å². The van der Waals surface area contributed by atoms with Crippen LogP contribution in [0.25, 0.3) is 0 Å². The standard InChI is InChI=1S/C14H20N2O4/c1-10-5-4-6-11(7-10)8-16(3)13(19)15-9-14(2,20)12(17)18/h4-7,20H,8-9H2,1-3H3,(H,15,19)(H,17,18). The molecule has 0 aliphatic carbocycles. The highest BCUT2D eigenvalue weighted by Gasteiger charge is 2.30. The molecule has 1 unspecified atom stereocenters. The lowest BCUT2D eigenvalue weighted by molar-refractivity contribution is -0.155. The maximum Gasteiger partial charge on any atom is 0.337 e. The van der Waals surface area contributed by atoms with Crippen LogP contribution >= 0.6 is 0 Å². The van der Waals surface area contributed by atoms with Crippen LogP contribution in [0.1, 0.15) is 18.1 Å². The second kappa shape index (κ2) is 6.38. The number of nitrogens with zero attached hydrogens (tertiary/aromatic N) is 1. The summed E-state index contributed by atoms with van der Waals surface area (Å²) in [6.45, 7) is 3.16. The molecule has 2 amide bonds. The van der Waals surface area contributed by atoms with Crippen molar-refractivity contribution in [3.05, 3.63) is 35.4 Å². The molecular formula is C14H20N2O4. The molecule has 1 atom stereocenters. The number of hydrogen-bond donors (Lipinski definition) is 3. The van der Waals surface area contributed by atoms with Gasteiger partial charge in [0.25, 0.3) is 0 Å². The monoisotopic (exact) mass is 280 g/mol. The normalized spacial score (nSPS) is 13.4. The van der Waals surface area contributed by atoms with Gasteiger partial charge in [0, 0.05) is 13.6 Å². The van der Waals surface area contributed by atoms with Gasteiger partial charge in [-0.1, -0.05) is 29.8 Å². The highest BCUT2D eigenvalue weighted by molar-refractivity contribution is 5.79. The van der Waals surface area contributed by atoms with Gasteiger partial charge in [-0.2, -0.15) is 0 Å². The molecule has 0 bridgehead atoms. The number of carboxylic acids is 1. The third-order valence-electron chi connectivity index (χ3n) is 2.89. The van der Waals surface area contributed by atoms with Crippen LogP contribution in [0.4, 0.5) is 4.79 Å². The minimum Gasteiger partial charge on any atom is -0.479 e. The van der Waals surface area contributed by atoms with Crippen LogP contribution in [-0.4, -0.2) is 46.3 Å². The number of amides is 2. The molecule has 1 aromatic carbocycles. The van der Waals surface area contributed by atoms with E-state index in [1.54, 1.807) is 7.05 Å². The molecule has 0 heterocycles. The van der Waals surface area contributed by atoms with Crippen molar-refractivity contribution in [1.29, 1.82) is 0 Å². The van der Waals surface area contributed by atoms with Crippen molar-refractivity contribution in [1.82, 2.24) is 10.2 Å². The number of carbonyl (C=O) groups excluding carboxylic acids is 1. The minimum absolute atomic E-state index is 0.348. The van der Waals surface area contributed by atoms with E-state index < -0.39 is 17.6 Å². The van der Waals surface area contributed by atoms with Crippen LogP contribution < -0.4 is 5.32 Å². The molecule has 0 aromatic heterocycles. The Hall–Kier alpha value is -2.08. The van der Waals surface area contributed by atoms with Gasteiger partial charge in [-0.05, 0) is 19.4 Å². The van der Waals surface area contributed by atoms with E-state index in [9.17, 15) is 14.7 Å². The molecule has 0 aliphatic rings.